The smallest absolute Gasteiger partial charge is 0.240 e. The highest BCUT2D eigenvalue weighted by Gasteiger charge is 2.56. The molecule has 0 bridgehead atoms. The molecular formula is C19H17ClF2N2O2. The normalized spacial score (nSPS) is 14.7. The van der Waals surface area contributed by atoms with E-state index in [1.54, 1.807) is 6.07 Å². The Labute approximate surface area is 154 Å². The van der Waals surface area contributed by atoms with Crippen LogP contribution in [0.3, 0.4) is 0 Å². The van der Waals surface area contributed by atoms with Gasteiger partial charge in [-0.3, -0.25) is 9.59 Å². The zero-order valence-electron chi connectivity index (χ0n) is 14.3. The van der Waals surface area contributed by atoms with E-state index in [0.29, 0.717) is 29.6 Å². The lowest BCUT2D eigenvalue weighted by Gasteiger charge is -2.18. The number of aryl methyl sites for hydroxylation is 2. The molecule has 0 spiro atoms. The molecule has 2 aromatic rings. The van der Waals surface area contributed by atoms with Crippen molar-refractivity contribution in [3.05, 3.63) is 58.1 Å². The van der Waals surface area contributed by atoms with Crippen LogP contribution in [0.25, 0.3) is 0 Å². The number of carbonyl (C=O) groups excluding carboxylic acids is 2. The van der Waals surface area contributed by atoms with E-state index < -0.39 is 28.9 Å². The number of nitrogens with one attached hydrogen (secondary N) is 2. The third kappa shape index (κ3) is 3.42. The molecule has 0 radical (unpaired) electrons. The van der Waals surface area contributed by atoms with Crippen molar-refractivity contribution in [2.75, 3.05) is 10.6 Å². The van der Waals surface area contributed by atoms with E-state index in [1.807, 2.05) is 19.9 Å². The molecule has 0 aliphatic heterocycles. The number of hydrogen-bond acceptors (Lipinski definition) is 2. The number of anilines is 2. The third-order valence-electron chi connectivity index (χ3n) is 4.47. The molecule has 0 saturated heterocycles. The van der Waals surface area contributed by atoms with Crippen molar-refractivity contribution >= 4 is 34.8 Å². The van der Waals surface area contributed by atoms with Crippen molar-refractivity contribution in [1.29, 1.82) is 0 Å². The van der Waals surface area contributed by atoms with Crippen LogP contribution in [0.2, 0.25) is 5.02 Å². The first-order chi connectivity index (χ1) is 12.2. The van der Waals surface area contributed by atoms with Gasteiger partial charge < -0.3 is 10.6 Å². The number of hydrogen-bond donors (Lipinski definition) is 2. The molecule has 1 fully saturated rings. The molecule has 4 nitrogen and oxygen atoms in total. The number of carbonyl (C=O) groups is 2. The Morgan fingerprint density at radius 2 is 1.69 bits per heavy atom. The number of amides is 2. The highest BCUT2D eigenvalue weighted by molar-refractivity contribution is 6.34. The molecule has 0 aromatic heterocycles. The molecule has 26 heavy (non-hydrogen) atoms. The molecule has 0 atom stereocenters. The molecule has 2 aromatic carbocycles. The van der Waals surface area contributed by atoms with Crippen molar-refractivity contribution in [1.82, 2.24) is 0 Å². The molecular weight excluding hydrogens is 362 g/mol. The Morgan fingerprint density at radius 3 is 2.27 bits per heavy atom. The molecule has 2 N–H and O–H groups in total. The SMILES string of the molecule is Cc1cc(C)c(NC(=O)C2(C(=O)Nc3ccc(F)cc3F)CC2)c(Cl)c1. The van der Waals surface area contributed by atoms with Crippen molar-refractivity contribution in [2.45, 2.75) is 26.7 Å². The summed E-state index contributed by atoms with van der Waals surface area (Å²) < 4.78 is 26.7. The van der Waals surface area contributed by atoms with E-state index in [1.165, 1.54) is 0 Å². The van der Waals surface area contributed by atoms with E-state index in [9.17, 15) is 18.4 Å². The predicted molar refractivity (Wildman–Crippen MR) is 96.2 cm³/mol. The summed E-state index contributed by atoms with van der Waals surface area (Å²) in [5.74, 6) is -2.76. The van der Waals surface area contributed by atoms with E-state index in [0.717, 1.165) is 23.3 Å². The van der Waals surface area contributed by atoms with Crippen LogP contribution in [0.1, 0.15) is 24.0 Å². The molecule has 1 saturated carbocycles. The standard InChI is InChI=1S/C19H17ClF2N2O2/c1-10-7-11(2)16(13(20)8-10)24-18(26)19(5-6-19)17(25)23-15-4-3-12(21)9-14(15)22/h3-4,7-9H,5-6H2,1-2H3,(H,23,25)(H,24,26). The predicted octanol–water partition coefficient (Wildman–Crippen LogP) is 4.59. The summed E-state index contributed by atoms with van der Waals surface area (Å²) in [6, 6.07) is 6.42. The van der Waals surface area contributed by atoms with Crippen molar-refractivity contribution in [3.63, 3.8) is 0 Å². The topological polar surface area (TPSA) is 58.2 Å². The van der Waals surface area contributed by atoms with Gasteiger partial charge in [0.1, 0.15) is 17.0 Å². The van der Waals surface area contributed by atoms with Crippen molar-refractivity contribution in [2.24, 2.45) is 5.41 Å². The summed E-state index contributed by atoms with van der Waals surface area (Å²) in [5, 5.41) is 5.47. The van der Waals surface area contributed by atoms with Crippen LogP contribution in [0.15, 0.2) is 30.3 Å². The van der Waals surface area contributed by atoms with E-state index >= 15 is 0 Å². The summed E-state index contributed by atoms with van der Waals surface area (Å²) in [6.07, 6.45) is 0.687. The first-order valence-electron chi connectivity index (χ1n) is 8.08. The number of rotatable bonds is 4. The minimum absolute atomic E-state index is 0.167. The molecule has 0 heterocycles. The lowest BCUT2D eigenvalue weighted by Crippen LogP contribution is -2.36. The fraction of sp³-hybridized carbons (Fsp3) is 0.263. The van der Waals surface area contributed by atoms with Crippen LogP contribution >= 0.6 is 11.6 Å². The van der Waals surface area contributed by atoms with Crippen molar-refractivity contribution < 1.29 is 18.4 Å². The van der Waals surface area contributed by atoms with Crippen LogP contribution in [-0.2, 0) is 9.59 Å². The van der Waals surface area contributed by atoms with Gasteiger partial charge in [0.25, 0.3) is 0 Å². The van der Waals surface area contributed by atoms with Crippen LogP contribution in [-0.4, -0.2) is 11.8 Å². The zero-order chi connectivity index (χ0) is 19.1. The molecule has 1 aliphatic carbocycles. The Hall–Kier alpha value is -2.47. The van der Waals surface area contributed by atoms with Gasteiger partial charge in [-0.2, -0.15) is 0 Å². The Bertz CT molecular complexity index is 887. The molecule has 0 unspecified atom stereocenters. The highest BCUT2D eigenvalue weighted by atomic mass is 35.5. The average molecular weight is 379 g/mol. The lowest BCUT2D eigenvalue weighted by atomic mass is 10.0. The van der Waals surface area contributed by atoms with Crippen LogP contribution in [0, 0.1) is 30.9 Å². The molecule has 3 rings (SSSR count). The Kier molecular flexibility index (Phi) is 4.71. The van der Waals surface area contributed by atoms with Crippen molar-refractivity contribution in [3.8, 4) is 0 Å². The van der Waals surface area contributed by atoms with E-state index in [-0.39, 0.29) is 5.69 Å². The fourth-order valence-corrected chi connectivity index (χ4v) is 3.19. The summed E-state index contributed by atoms with van der Waals surface area (Å²) in [4.78, 5) is 25.2. The molecule has 1 aliphatic rings. The maximum Gasteiger partial charge on any atom is 0.240 e. The number of benzene rings is 2. The monoisotopic (exact) mass is 378 g/mol. The highest BCUT2D eigenvalue weighted by Crippen LogP contribution is 2.48. The van der Waals surface area contributed by atoms with Gasteiger partial charge in [0.05, 0.1) is 16.4 Å². The fourth-order valence-electron chi connectivity index (χ4n) is 2.82. The van der Waals surface area contributed by atoms with Gasteiger partial charge in [0.15, 0.2) is 0 Å². The van der Waals surface area contributed by atoms with Gasteiger partial charge in [0.2, 0.25) is 11.8 Å². The van der Waals surface area contributed by atoms with Gasteiger partial charge >= 0.3 is 0 Å². The first kappa shape index (κ1) is 18.3. The Balaban J connectivity index is 1.78. The van der Waals surface area contributed by atoms with Crippen LogP contribution < -0.4 is 10.6 Å². The molecule has 2 amide bonds. The molecule has 136 valence electrons. The number of halogens is 3. The van der Waals surface area contributed by atoms with Gasteiger partial charge in [-0.1, -0.05) is 17.7 Å². The maximum atomic E-state index is 13.7. The van der Waals surface area contributed by atoms with E-state index in [2.05, 4.69) is 10.6 Å². The van der Waals surface area contributed by atoms with Gasteiger partial charge in [-0.15, -0.1) is 0 Å². The Morgan fingerprint density at radius 1 is 1.04 bits per heavy atom. The third-order valence-corrected chi connectivity index (χ3v) is 4.77. The van der Waals surface area contributed by atoms with E-state index in [4.69, 9.17) is 11.6 Å². The second kappa shape index (κ2) is 6.68. The lowest BCUT2D eigenvalue weighted by molar-refractivity contribution is -0.131. The minimum atomic E-state index is -1.28. The quantitative estimate of drug-likeness (QED) is 0.764. The summed E-state index contributed by atoms with van der Waals surface area (Å²) >= 11 is 6.19. The van der Waals surface area contributed by atoms with Gasteiger partial charge in [-0.05, 0) is 56.0 Å². The summed E-state index contributed by atoms with van der Waals surface area (Å²) in [5.41, 5.74) is 0.746. The van der Waals surface area contributed by atoms with Crippen LogP contribution in [0.4, 0.5) is 20.2 Å². The molecule has 7 heteroatoms. The maximum absolute atomic E-state index is 13.7. The second-order valence-electron chi connectivity index (χ2n) is 6.55. The average Bonchev–Trinajstić information content (AvgIpc) is 3.35. The summed E-state index contributed by atoms with van der Waals surface area (Å²) in [6.45, 7) is 3.69. The zero-order valence-corrected chi connectivity index (χ0v) is 15.0. The first-order valence-corrected chi connectivity index (χ1v) is 8.45. The minimum Gasteiger partial charge on any atom is -0.324 e. The van der Waals surface area contributed by atoms with Crippen LogP contribution in [0.5, 0.6) is 0 Å². The second-order valence-corrected chi connectivity index (χ2v) is 6.96. The van der Waals surface area contributed by atoms with Gasteiger partial charge in [0, 0.05) is 6.07 Å². The largest absolute Gasteiger partial charge is 0.324 e. The van der Waals surface area contributed by atoms with Gasteiger partial charge in [-0.25, -0.2) is 8.78 Å². The summed E-state index contributed by atoms with van der Waals surface area (Å²) in [7, 11) is 0.